The zero-order valence-corrected chi connectivity index (χ0v) is 28.9. The van der Waals surface area contributed by atoms with E-state index < -0.39 is 40.2 Å². The number of anilines is 1. The number of aryl methyl sites for hydroxylation is 3. The van der Waals surface area contributed by atoms with Crippen LogP contribution < -0.4 is 4.72 Å². The third-order valence-electron chi connectivity index (χ3n) is 8.71. The average Bonchev–Trinajstić information content (AvgIpc) is 3.35. The lowest BCUT2D eigenvalue weighted by atomic mass is 9.94. The zero-order chi connectivity index (χ0) is 34.4. The maximum absolute atomic E-state index is 14.2. The number of nitrogens with zero attached hydrogens (tertiary/aromatic N) is 2. The molecule has 0 amide bonds. The summed E-state index contributed by atoms with van der Waals surface area (Å²) in [5.74, 6) is -0.848. The van der Waals surface area contributed by atoms with Crippen molar-refractivity contribution in [1.82, 2.24) is 9.80 Å². The van der Waals surface area contributed by atoms with E-state index in [1.807, 2.05) is 91.2 Å². The van der Waals surface area contributed by atoms with Gasteiger partial charge in [0.15, 0.2) is 0 Å². The minimum Gasteiger partial charge on any atom is -0.465 e. The van der Waals surface area contributed by atoms with Crippen molar-refractivity contribution in [2.75, 3.05) is 24.5 Å². The van der Waals surface area contributed by atoms with Gasteiger partial charge >= 0.3 is 11.9 Å². The molecule has 1 fully saturated rings. The number of hydrogen-bond donors (Lipinski definition) is 1. The molecule has 3 atom stereocenters. The molecule has 10 heteroatoms. The summed E-state index contributed by atoms with van der Waals surface area (Å²) in [5, 5.41) is 0. The Morgan fingerprint density at radius 3 is 1.94 bits per heavy atom. The molecule has 0 aliphatic carbocycles. The Morgan fingerprint density at radius 1 is 0.729 bits per heavy atom. The fourth-order valence-corrected chi connectivity index (χ4v) is 7.55. The molecule has 1 N–H and O–H groups in total. The van der Waals surface area contributed by atoms with E-state index in [1.165, 1.54) is 0 Å². The molecule has 0 saturated carbocycles. The first-order valence-electron chi connectivity index (χ1n) is 16.2. The monoisotopic (exact) mass is 669 g/mol. The van der Waals surface area contributed by atoms with E-state index >= 15 is 0 Å². The number of hydrogen-bond acceptors (Lipinski definition) is 8. The summed E-state index contributed by atoms with van der Waals surface area (Å²) in [5.41, 5.74) is 5.72. The van der Waals surface area contributed by atoms with Crippen molar-refractivity contribution in [1.29, 1.82) is 0 Å². The van der Waals surface area contributed by atoms with Gasteiger partial charge in [-0.2, -0.15) is 0 Å². The minimum atomic E-state index is -3.92. The number of carbonyl (C=O) groups excluding carboxylic acids is 2. The maximum Gasteiger partial charge on any atom is 0.325 e. The normalized spacial score (nSPS) is 18.4. The molecule has 1 heterocycles. The Morgan fingerprint density at radius 2 is 1.31 bits per heavy atom. The van der Waals surface area contributed by atoms with E-state index in [4.69, 9.17) is 9.47 Å². The summed E-state index contributed by atoms with van der Waals surface area (Å²) in [6.45, 7) is 9.89. The Balaban J connectivity index is 1.68. The van der Waals surface area contributed by atoms with Crippen molar-refractivity contribution in [3.8, 4) is 0 Å². The topological polar surface area (TPSA) is 105 Å². The number of sulfonamides is 1. The van der Waals surface area contributed by atoms with Crippen LogP contribution >= 0.6 is 0 Å². The summed E-state index contributed by atoms with van der Waals surface area (Å²) >= 11 is 0. The molecule has 1 aliphatic heterocycles. The average molecular weight is 670 g/mol. The summed E-state index contributed by atoms with van der Waals surface area (Å²) in [4.78, 5) is 31.6. The van der Waals surface area contributed by atoms with E-state index in [1.54, 1.807) is 50.2 Å². The van der Waals surface area contributed by atoms with Crippen molar-refractivity contribution in [3.05, 3.63) is 130 Å². The lowest BCUT2D eigenvalue weighted by molar-refractivity contribution is -0.150. The molecule has 9 nitrogen and oxygen atoms in total. The highest BCUT2D eigenvalue weighted by Gasteiger charge is 2.53. The van der Waals surface area contributed by atoms with Crippen LogP contribution in [0.1, 0.15) is 59.4 Å². The van der Waals surface area contributed by atoms with Crippen LogP contribution in [0.3, 0.4) is 0 Å². The summed E-state index contributed by atoms with van der Waals surface area (Å²) in [7, 11) is -3.92. The largest absolute Gasteiger partial charge is 0.465 e. The highest BCUT2D eigenvalue weighted by Crippen LogP contribution is 2.48. The van der Waals surface area contributed by atoms with Crippen molar-refractivity contribution in [3.63, 3.8) is 0 Å². The lowest BCUT2D eigenvalue weighted by Crippen LogP contribution is -2.41. The molecule has 5 rings (SSSR count). The van der Waals surface area contributed by atoms with Gasteiger partial charge in [-0.3, -0.25) is 24.1 Å². The molecule has 0 unspecified atom stereocenters. The first-order chi connectivity index (χ1) is 23.1. The second-order valence-electron chi connectivity index (χ2n) is 12.0. The third kappa shape index (κ3) is 7.46. The molecule has 0 spiro atoms. The van der Waals surface area contributed by atoms with Gasteiger partial charge in [-0.05, 0) is 80.6 Å². The van der Waals surface area contributed by atoms with Gasteiger partial charge in [0, 0.05) is 6.54 Å². The Bertz CT molecular complexity index is 1860. The third-order valence-corrected chi connectivity index (χ3v) is 10.1. The quantitative estimate of drug-likeness (QED) is 0.171. The molecular weight excluding hydrogens is 626 g/mol. The van der Waals surface area contributed by atoms with Crippen LogP contribution in [-0.4, -0.2) is 56.0 Å². The maximum atomic E-state index is 14.2. The number of benzene rings is 4. The fourth-order valence-electron chi connectivity index (χ4n) is 6.45. The molecule has 0 bridgehead atoms. The number of ether oxygens (including phenoxy) is 2. The van der Waals surface area contributed by atoms with Crippen molar-refractivity contribution in [2.24, 2.45) is 0 Å². The van der Waals surface area contributed by atoms with Gasteiger partial charge < -0.3 is 9.47 Å². The van der Waals surface area contributed by atoms with Crippen LogP contribution in [0, 0.1) is 20.8 Å². The van der Waals surface area contributed by atoms with Crippen LogP contribution in [-0.2, 0) is 35.6 Å². The Labute approximate surface area is 283 Å². The first-order valence-corrected chi connectivity index (χ1v) is 17.7. The zero-order valence-electron chi connectivity index (χ0n) is 28.1. The second kappa shape index (κ2) is 15.1. The van der Waals surface area contributed by atoms with Gasteiger partial charge in [0.05, 0.1) is 42.5 Å². The fraction of sp³-hybridized carbons (Fsp3) is 0.316. The highest BCUT2D eigenvalue weighted by molar-refractivity contribution is 7.92. The van der Waals surface area contributed by atoms with Gasteiger partial charge in [-0.15, -0.1) is 0 Å². The van der Waals surface area contributed by atoms with Crippen molar-refractivity contribution >= 4 is 27.6 Å². The molecule has 1 aliphatic rings. The standard InChI is InChI=1S/C38H43N3O6S/c1-6-46-34(42)25-41-35(31-17-11-8-14-27(31)4)36(38(43)47-7-2)40(37(41)32-18-12-9-15-28(32)5)24-29-16-10-13-19-33(29)39-48(44,45)30-22-20-26(3)21-23-30/h8-23,35-37,39H,6-7,24-25H2,1-5H3/t35-,36-,37+/m0/s1. The SMILES string of the molecule is CCOC(=O)CN1[C@H](c2ccccc2C)N(Cc2ccccc2NS(=O)(=O)c2ccc(C)cc2)[C@H](C(=O)OCC)[C@@H]1c1ccccc1C. The molecule has 4 aromatic carbocycles. The molecule has 4 aromatic rings. The molecule has 0 radical (unpaired) electrons. The van der Waals surface area contributed by atoms with Gasteiger partial charge in [0.2, 0.25) is 0 Å². The number of esters is 2. The number of carbonyl (C=O) groups is 2. The predicted molar refractivity (Wildman–Crippen MR) is 186 cm³/mol. The van der Waals surface area contributed by atoms with E-state index in [-0.39, 0.29) is 31.2 Å². The van der Waals surface area contributed by atoms with Crippen LogP contribution in [0.25, 0.3) is 0 Å². The van der Waals surface area contributed by atoms with E-state index in [9.17, 15) is 18.0 Å². The van der Waals surface area contributed by atoms with Crippen molar-refractivity contribution in [2.45, 2.75) is 64.3 Å². The Hall–Kier alpha value is -4.51. The van der Waals surface area contributed by atoms with Gasteiger partial charge in [0.25, 0.3) is 10.0 Å². The number of rotatable bonds is 12. The van der Waals surface area contributed by atoms with Gasteiger partial charge in [0.1, 0.15) is 6.04 Å². The smallest absolute Gasteiger partial charge is 0.325 e. The van der Waals surface area contributed by atoms with Crippen LogP contribution in [0.15, 0.2) is 102 Å². The second-order valence-corrected chi connectivity index (χ2v) is 13.6. The van der Waals surface area contributed by atoms with Gasteiger partial charge in [-0.1, -0.05) is 84.4 Å². The van der Waals surface area contributed by atoms with E-state index in [0.29, 0.717) is 11.3 Å². The first kappa shape index (κ1) is 34.8. The summed E-state index contributed by atoms with van der Waals surface area (Å²) < 4.78 is 41.1. The molecule has 252 valence electrons. The molecule has 0 aromatic heterocycles. The highest BCUT2D eigenvalue weighted by atomic mass is 32.2. The van der Waals surface area contributed by atoms with E-state index in [2.05, 4.69) is 4.72 Å². The van der Waals surface area contributed by atoms with E-state index in [0.717, 1.165) is 27.8 Å². The molecular formula is C38H43N3O6S. The van der Waals surface area contributed by atoms with Gasteiger partial charge in [-0.25, -0.2) is 8.42 Å². The minimum absolute atomic E-state index is 0.0834. The summed E-state index contributed by atoms with van der Waals surface area (Å²) in [6.07, 6.45) is -0.573. The number of nitrogens with one attached hydrogen (secondary N) is 1. The Kier molecular flexibility index (Phi) is 11.0. The van der Waals surface area contributed by atoms with Crippen LogP contribution in [0.2, 0.25) is 0 Å². The molecule has 1 saturated heterocycles. The van der Waals surface area contributed by atoms with Crippen LogP contribution in [0.4, 0.5) is 5.69 Å². The number of para-hydroxylation sites is 1. The van der Waals surface area contributed by atoms with Crippen molar-refractivity contribution < 1.29 is 27.5 Å². The summed E-state index contributed by atoms with van der Waals surface area (Å²) in [6, 6.07) is 28.1. The lowest BCUT2D eigenvalue weighted by Gasteiger charge is -2.33. The predicted octanol–water partition coefficient (Wildman–Crippen LogP) is 6.47. The molecule has 48 heavy (non-hydrogen) atoms. The van der Waals surface area contributed by atoms with Crippen LogP contribution in [0.5, 0.6) is 0 Å².